The van der Waals surface area contributed by atoms with Crippen LogP contribution in [0.3, 0.4) is 0 Å². The largest absolute Gasteiger partial charge is 0.136 e. The number of terminal acetylenes is 1. The number of rotatable bonds is 2. The Morgan fingerprint density at radius 1 is 1.50 bits per heavy atom. The van der Waals surface area contributed by atoms with Crippen LogP contribution in [0.1, 0.15) is 6.92 Å². The molecule has 0 heterocycles. The van der Waals surface area contributed by atoms with Gasteiger partial charge in [-0.3, -0.25) is 0 Å². The molecule has 0 aromatic rings. The quantitative estimate of drug-likeness (QED) is 0.396. The van der Waals surface area contributed by atoms with Gasteiger partial charge >= 0.3 is 0 Å². The predicted molar refractivity (Wildman–Crippen MR) is 39.6 cm³/mol. The molecule has 42 valence electrons. The average Bonchev–Trinajstić information content (AvgIpc) is 1.81. The number of hydrogen-bond acceptors (Lipinski definition) is 1. The molecule has 0 rings (SSSR count). The Hall–Kier alpha value is -0.530. The SMILES string of the molecule is C#CCSCC#CC. The zero-order valence-corrected chi connectivity index (χ0v) is 5.72. The molecule has 0 bridgehead atoms. The molecule has 0 aliphatic heterocycles. The Bertz CT molecular complexity index is 131. The summed E-state index contributed by atoms with van der Waals surface area (Å²) in [7, 11) is 0. The van der Waals surface area contributed by atoms with Gasteiger partial charge in [0.05, 0.1) is 11.5 Å². The molecule has 0 atom stereocenters. The van der Waals surface area contributed by atoms with Crippen LogP contribution in [0.5, 0.6) is 0 Å². The molecule has 0 amide bonds. The molecule has 0 radical (unpaired) electrons. The molecule has 0 aromatic carbocycles. The van der Waals surface area contributed by atoms with Crippen molar-refractivity contribution in [2.75, 3.05) is 11.5 Å². The first-order chi connectivity index (χ1) is 3.91. The molecule has 0 spiro atoms. The van der Waals surface area contributed by atoms with Gasteiger partial charge in [0, 0.05) is 0 Å². The summed E-state index contributed by atoms with van der Waals surface area (Å²) in [6.07, 6.45) is 4.99. The standard InChI is InChI=1S/C7H8S/c1-3-5-7-8-6-4-2/h2H,6-7H2,1H3. The van der Waals surface area contributed by atoms with Crippen molar-refractivity contribution in [1.82, 2.24) is 0 Å². The summed E-state index contributed by atoms with van der Waals surface area (Å²) in [4.78, 5) is 0. The van der Waals surface area contributed by atoms with E-state index in [4.69, 9.17) is 6.42 Å². The van der Waals surface area contributed by atoms with Crippen LogP contribution in [0.15, 0.2) is 0 Å². The Morgan fingerprint density at radius 2 is 2.25 bits per heavy atom. The van der Waals surface area contributed by atoms with Gasteiger partial charge in [0.15, 0.2) is 0 Å². The lowest BCUT2D eigenvalue weighted by Gasteiger charge is -1.81. The van der Waals surface area contributed by atoms with E-state index in [9.17, 15) is 0 Å². The molecule has 0 nitrogen and oxygen atoms in total. The maximum Gasteiger partial charge on any atom is 0.0556 e. The van der Waals surface area contributed by atoms with Crippen LogP contribution in [0.2, 0.25) is 0 Å². The minimum Gasteiger partial charge on any atom is -0.136 e. The fraction of sp³-hybridized carbons (Fsp3) is 0.429. The van der Waals surface area contributed by atoms with Gasteiger partial charge in [-0.2, -0.15) is 0 Å². The highest BCUT2D eigenvalue weighted by Crippen LogP contribution is 1.94. The minimum atomic E-state index is 0.772. The van der Waals surface area contributed by atoms with E-state index in [-0.39, 0.29) is 0 Å². The first-order valence-electron chi connectivity index (χ1n) is 2.32. The topological polar surface area (TPSA) is 0 Å². The van der Waals surface area contributed by atoms with Crippen LogP contribution < -0.4 is 0 Å². The zero-order valence-electron chi connectivity index (χ0n) is 4.90. The van der Waals surface area contributed by atoms with Crippen LogP contribution in [-0.4, -0.2) is 11.5 Å². The van der Waals surface area contributed by atoms with Crippen LogP contribution in [0, 0.1) is 24.2 Å². The fourth-order valence-corrected chi connectivity index (χ4v) is 0.699. The minimum absolute atomic E-state index is 0.772. The highest BCUT2D eigenvalue weighted by Gasteiger charge is 1.74. The van der Waals surface area contributed by atoms with Gasteiger partial charge in [-0.25, -0.2) is 0 Å². The summed E-state index contributed by atoms with van der Waals surface area (Å²) in [5.41, 5.74) is 0. The van der Waals surface area contributed by atoms with E-state index >= 15 is 0 Å². The molecule has 0 unspecified atom stereocenters. The second kappa shape index (κ2) is 6.47. The lowest BCUT2D eigenvalue weighted by atomic mass is 10.7. The Labute approximate surface area is 55.1 Å². The molecule has 1 heteroatoms. The average molecular weight is 124 g/mol. The normalized spacial score (nSPS) is 6.50. The Balaban J connectivity index is 2.93. The van der Waals surface area contributed by atoms with E-state index in [0.29, 0.717) is 0 Å². The lowest BCUT2D eigenvalue weighted by Crippen LogP contribution is -1.72. The van der Waals surface area contributed by atoms with Crippen molar-refractivity contribution in [3.8, 4) is 24.2 Å². The smallest absolute Gasteiger partial charge is 0.0556 e. The molecular weight excluding hydrogens is 116 g/mol. The summed E-state index contributed by atoms with van der Waals surface area (Å²) < 4.78 is 0. The van der Waals surface area contributed by atoms with Gasteiger partial charge in [-0.15, -0.1) is 24.1 Å². The Morgan fingerprint density at radius 3 is 2.75 bits per heavy atom. The summed E-state index contributed by atoms with van der Waals surface area (Å²) in [5.74, 6) is 9.84. The summed E-state index contributed by atoms with van der Waals surface area (Å²) in [6.45, 7) is 1.83. The molecule has 8 heavy (non-hydrogen) atoms. The second-order valence-electron chi connectivity index (χ2n) is 1.12. The number of hydrogen-bond donors (Lipinski definition) is 0. The first-order valence-corrected chi connectivity index (χ1v) is 3.48. The van der Waals surface area contributed by atoms with E-state index in [1.54, 1.807) is 11.8 Å². The first kappa shape index (κ1) is 7.47. The van der Waals surface area contributed by atoms with Crippen molar-refractivity contribution in [1.29, 1.82) is 0 Å². The van der Waals surface area contributed by atoms with Crippen molar-refractivity contribution in [3.63, 3.8) is 0 Å². The number of thioether (sulfide) groups is 1. The maximum absolute atomic E-state index is 4.99. The van der Waals surface area contributed by atoms with E-state index in [0.717, 1.165) is 11.5 Å². The van der Waals surface area contributed by atoms with E-state index in [1.807, 2.05) is 6.92 Å². The molecular formula is C7H8S. The highest BCUT2D eigenvalue weighted by atomic mass is 32.2. The van der Waals surface area contributed by atoms with Crippen molar-refractivity contribution in [2.45, 2.75) is 6.92 Å². The summed E-state index contributed by atoms with van der Waals surface area (Å²) in [6, 6.07) is 0. The third kappa shape index (κ3) is 5.47. The molecule has 0 aliphatic carbocycles. The van der Waals surface area contributed by atoms with E-state index in [1.165, 1.54) is 0 Å². The van der Waals surface area contributed by atoms with E-state index < -0.39 is 0 Å². The van der Waals surface area contributed by atoms with Gasteiger partial charge in [0.1, 0.15) is 0 Å². The van der Waals surface area contributed by atoms with E-state index in [2.05, 4.69) is 17.8 Å². The van der Waals surface area contributed by atoms with Crippen LogP contribution >= 0.6 is 11.8 Å². The van der Waals surface area contributed by atoms with Crippen molar-refractivity contribution in [2.24, 2.45) is 0 Å². The molecule has 0 aliphatic rings. The fourth-order valence-electron chi connectivity index (χ4n) is 0.233. The summed E-state index contributed by atoms with van der Waals surface area (Å²) >= 11 is 1.67. The second-order valence-corrected chi connectivity index (χ2v) is 2.11. The van der Waals surface area contributed by atoms with Gasteiger partial charge in [-0.1, -0.05) is 11.8 Å². The van der Waals surface area contributed by atoms with Crippen molar-refractivity contribution < 1.29 is 0 Å². The van der Waals surface area contributed by atoms with Crippen LogP contribution in [-0.2, 0) is 0 Å². The molecule has 0 fully saturated rings. The van der Waals surface area contributed by atoms with Crippen LogP contribution in [0.25, 0.3) is 0 Å². The monoisotopic (exact) mass is 124 g/mol. The Kier molecular flexibility index (Phi) is 6.04. The molecule has 0 saturated heterocycles. The molecule has 0 N–H and O–H groups in total. The van der Waals surface area contributed by atoms with Crippen molar-refractivity contribution in [3.05, 3.63) is 0 Å². The maximum atomic E-state index is 4.99. The summed E-state index contributed by atoms with van der Waals surface area (Å²) in [5, 5.41) is 0. The third-order valence-corrected chi connectivity index (χ3v) is 1.26. The van der Waals surface area contributed by atoms with Crippen molar-refractivity contribution >= 4 is 11.8 Å². The van der Waals surface area contributed by atoms with Gasteiger partial charge in [0.2, 0.25) is 0 Å². The lowest BCUT2D eigenvalue weighted by molar-refractivity contribution is 1.81. The third-order valence-electron chi connectivity index (χ3n) is 0.536. The molecule has 0 aromatic heterocycles. The van der Waals surface area contributed by atoms with Crippen LogP contribution in [0.4, 0.5) is 0 Å². The van der Waals surface area contributed by atoms with Gasteiger partial charge < -0.3 is 0 Å². The highest BCUT2D eigenvalue weighted by molar-refractivity contribution is 7.99. The predicted octanol–water partition coefficient (Wildman–Crippen LogP) is 1.38. The molecule has 0 saturated carbocycles. The zero-order chi connectivity index (χ0) is 6.24. The van der Waals surface area contributed by atoms with Gasteiger partial charge in [0.25, 0.3) is 0 Å². The van der Waals surface area contributed by atoms with Gasteiger partial charge in [-0.05, 0) is 6.92 Å².